The largest absolute Gasteiger partial charge is 0.367 e. The highest BCUT2D eigenvalue weighted by Gasteiger charge is 2.33. The van der Waals surface area contributed by atoms with Gasteiger partial charge in [-0.3, -0.25) is 16.0 Å². The number of fused-ring (bicyclic) bond motifs is 2. The van der Waals surface area contributed by atoms with Crippen LogP contribution in [0.25, 0.3) is 11.0 Å². The number of nitrogens with zero attached hydrogens (tertiary/aromatic N) is 3. The van der Waals surface area contributed by atoms with Gasteiger partial charge in [-0.05, 0) is 25.2 Å². The third kappa shape index (κ3) is 1.95. The van der Waals surface area contributed by atoms with E-state index in [1.165, 1.54) is 19.3 Å². The van der Waals surface area contributed by atoms with Crippen LogP contribution in [0.4, 0.5) is 5.82 Å². The van der Waals surface area contributed by atoms with Crippen molar-refractivity contribution in [3.05, 3.63) is 12.5 Å². The van der Waals surface area contributed by atoms with Crippen molar-refractivity contribution in [1.29, 1.82) is 0 Å². The lowest BCUT2D eigenvalue weighted by atomic mass is 9.83. The van der Waals surface area contributed by atoms with E-state index in [-0.39, 0.29) is 0 Å². The molecule has 0 bridgehead atoms. The number of hydrogen-bond acceptors (Lipinski definition) is 6. The van der Waals surface area contributed by atoms with Crippen molar-refractivity contribution in [2.45, 2.75) is 31.3 Å². The molecule has 1 aliphatic carbocycles. The van der Waals surface area contributed by atoms with Crippen molar-refractivity contribution < 1.29 is 0 Å². The molecule has 0 aromatic carbocycles. The molecule has 3 heterocycles. The highest BCUT2D eigenvalue weighted by Crippen LogP contribution is 2.29. The Hall–Kier alpha value is -1.73. The molecule has 2 aliphatic rings. The first kappa shape index (κ1) is 11.1. The zero-order chi connectivity index (χ0) is 12.7. The van der Waals surface area contributed by atoms with Gasteiger partial charge in [-0.1, -0.05) is 0 Å². The Morgan fingerprint density at radius 3 is 3.26 bits per heavy atom. The molecule has 3 atom stereocenters. The molecule has 1 aliphatic heterocycles. The van der Waals surface area contributed by atoms with Crippen LogP contribution >= 0.6 is 0 Å². The van der Waals surface area contributed by atoms with E-state index in [4.69, 9.17) is 0 Å². The van der Waals surface area contributed by atoms with Gasteiger partial charge >= 0.3 is 0 Å². The Labute approximate surface area is 110 Å². The van der Waals surface area contributed by atoms with E-state index in [9.17, 15) is 0 Å². The molecule has 7 nitrogen and oxygen atoms in total. The summed E-state index contributed by atoms with van der Waals surface area (Å²) in [4.78, 5) is 8.50. The quantitative estimate of drug-likeness (QED) is 0.624. The molecule has 4 rings (SSSR count). The average molecular weight is 259 g/mol. The fraction of sp³-hybridized carbons (Fsp3) is 0.583. The SMILES string of the molecule is c1nc(NC2CCC3NNCC3C2)c2cn[nH]c2n1. The number of aromatic nitrogens is 4. The second-order valence-electron chi connectivity index (χ2n) is 5.40. The standard InChI is InChI=1S/C12H17N7/c1-2-10-7(4-15-18-10)3-8(1)17-11-9-5-16-19-12(9)14-6-13-11/h5-8,10,15,18H,1-4H2,(H2,13,14,16,17,19). The smallest absolute Gasteiger partial charge is 0.160 e. The van der Waals surface area contributed by atoms with Crippen LogP contribution in [0.5, 0.6) is 0 Å². The summed E-state index contributed by atoms with van der Waals surface area (Å²) in [6.45, 7) is 1.06. The number of H-pyrrole nitrogens is 1. The zero-order valence-corrected chi connectivity index (χ0v) is 10.6. The van der Waals surface area contributed by atoms with Gasteiger partial charge in [0.2, 0.25) is 0 Å². The third-order valence-electron chi connectivity index (χ3n) is 4.22. The summed E-state index contributed by atoms with van der Waals surface area (Å²) in [7, 11) is 0. The molecular weight excluding hydrogens is 242 g/mol. The lowest BCUT2D eigenvalue weighted by Crippen LogP contribution is -2.39. The molecule has 19 heavy (non-hydrogen) atoms. The maximum Gasteiger partial charge on any atom is 0.160 e. The van der Waals surface area contributed by atoms with Crippen LogP contribution in [-0.4, -0.2) is 38.8 Å². The van der Waals surface area contributed by atoms with E-state index in [1.807, 2.05) is 0 Å². The van der Waals surface area contributed by atoms with E-state index < -0.39 is 0 Å². The molecule has 1 saturated carbocycles. The molecule has 2 fully saturated rings. The van der Waals surface area contributed by atoms with E-state index in [1.54, 1.807) is 12.5 Å². The molecule has 4 N–H and O–H groups in total. The van der Waals surface area contributed by atoms with E-state index in [0.29, 0.717) is 18.0 Å². The summed E-state index contributed by atoms with van der Waals surface area (Å²) < 4.78 is 0. The van der Waals surface area contributed by atoms with Gasteiger partial charge in [0, 0.05) is 18.6 Å². The maximum absolute atomic E-state index is 4.35. The third-order valence-corrected chi connectivity index (χ3v) is 4.22. The van der Waals surface area contributed by atoms with Gasteiger partial charge < -0.3 is 5.32 Å². The summed E-state index contributed by atoms with van der Waals surface area (Å²) in [5.41, 5.74) is 7.39. The minimum atomic E-state index is 0.482. The van der Waals surface area contributed by atoms with E-state index >= 15 is 0 Å². The number of hydrazine groups is 1. The molecule has 100 valence electrons. The van der Waals surface area contributed by atoms with Crippen molar-refractivity contribution in [2.75, 3.05) is 11.9 Å². The Bertz CT molecular complexity index is 580. The first-order chi connectivity index (χ1) is 9.40. The van der Waals surface area contributed by atoms with Crippen LogP contribution < -0.4 is 16.2 Å². The predicted molar refractivity (Wildman–Crippen MR) is 71.4 cm³/mol. The second kappa shape index (κ2) is 4.43. The van der Waals surface area contributed by atoms with Crippen molar-refractivity contribution in [3.8, 4) is 0 Å². The van der Waals surface area contributed by atoms with E-state index in [2.05, 4.69) is 36.3 Å². The number of nitrogens with one attached hydrogen (secondary N) is 4. The van der Waals surface area contributed by atoms with Gasteiger partial charge in [0.1, 0.15) is 12.1 Å². The molecule has 7 heteroatoms. The van der Waals surface area contributed by atoms with Crippen molar-refractivity contribution in [2.24, 2.45) is 5.92 Å². The monoisotopic (exact) mass is 259 g/mol. The number of aromatic amines is 1. The number of hydrogen-bond donors (Lipinski definition) is 4. The molecule has 3 unspecified atom stereocenters. The molecule has 0 radical (unpaired) electrons. The molecule has 0 amide bonds. The number of rotatable bonds is 2. The van der Waals surface area contributed by atoms with Crippen LogP contribution in [0, 0.1) is 5.92 Å². The van der Waals surface area contributed by atoms with Gasteiger partial charge in [-0.2, -0.15) is 5.10 Å². The lowest BCUT2D eigenvalue weighted by molar-refractivity contribution is 0.314. The Morgan fingerprint density at radius 2 is 2.26 bits per heavy atom. The van der Waals surface area contributed by atoms with Crippen LogP contribution in [0.2, 0.25) is 0 Å². The van der Waals surface area contributed by atoms with Crippen LogP contribution in [0.3, 0.4) is 0 Å². The van der Waals surface area contributed by atoms with Gasteiger partial charge in [0.05, 0.1) is 11.6 Å². The first-order valence-corrected chi connectivity index (χ1v) is 6.79. The summed E-state index contributed by atoms with van der Waals surface area (Å²) in [6.07, 6.45) is 6.90. The van der Waals surface area contributed by atoms with Crippen molar-refractivity contribution in [3.63, 3.8) is 0 Å². The summed E-state index contributed by atoms with van der Waals surface area (Å²) in [6, 6.07) is 1.12. The summed E-state index contributed by atoms with van der Waals surface area (Å²) >= 11 is 0. The molecule has 2 aromatic heterocycles. The fourth-order valence-corrected chi connectivity index (χ4v) is 3.21. The van der Waals surface area contributed by atoms with Crippen LogP contribution in [0.1, 0.15) is 19.3 Å². The predicted octanol–water partition coefficient (Wildman–Crippen LogP) is 0.410. The van der Waals surface area contributed by atoms with Crippen LogP contribution in [-0.2, 0) is 0 Å². The lowest BCUT2D eigenvalue weighted by Gasteiger charge is -2.31. The van der Waals surface area contributed by atoms with Crippen LogP contribution in [0.15, 0.2) is 12.5 Å². The van der Waals surface area contributed by atoms with Gasteiger partial charge in [-0.15, -0.1) is 0 Å². The Kier molecular flexibility index (Phi) is 2.59. The normalized spacial score (nSPS) is 30.4. The second-order valence-corrected chi connectivity index (χ2v) is 5.40. The highest BCUT2D eigenvalue weighted by atomic mass is 15.4. The molecule has 0 spiro atoms. The summed E-state index contributed by atoms with van der Waals surface area (Å²) in [5.74, 6) is 1.61. The zero-order valence-electron chi connectivity index (χ0n) is 10.6. The van der Waals surface area contributed by atoms with Gasteiger partial charge in [0.25, 0.3) is 0 Å². The molecule has 1 saturated heterocycles. The Balaban J connectivity index is 1.53. The van der Waals surface area contributed by atoms with Gasteiger partial charge in [0.15, 0.2) is 5.65 Å². The summed E-state index contributed by atoms with van der Waals surface area (Å²) in [5, 5.41) is 11.4. The minimum Gasteiger partial charge on any atom is -0.367 e. The first-order valence-electron chi connectivity index (χ1n) is 6.79. The molecule has 2 aromatic rings. The topological polar surface area (TPSA) is 90.5 Å². The Morgan fingerprint density at radius 1 is 1.26 bits per heavy atom. The van der Waals surface area contributed by atoms with Crippen molar-refractivity contribution >= 4 is 16.9 Å². The average Bonchev–Trinajstić information content (AvgIpc) is 3.06. The maximum atomic E-state index is 4.35. The molecular formula is C12H17N7. The van der Waals surface area contributed by atoms with Gasteiger partial charge in [-0.25, -0.2) is 9.97 Å². The van der Waals surface area contributed by atoms with Crippen molar-refractivity contribution in [1.82, 2.24) is 31.0 Å². The minimum absolute atomic E-state index is 0.482. The number of anilines is 1. The highest BCUT2D eigenvalue weighted by molar-refractivity contribution is 5.85. The van der Waals surface area contributed by atoms with E-state index in [0.717, 1.165) is 23.4 Å². The fourth-order valence-electron chi connectivity index (χ4n) is 3.21.